The Bertz CT molecular complexity index is 324. The topological polar surface area (TPSA) is 58.2 Å². The van der Waals surface area contributed by atoms with Crippen molar-refractivity contribution >= 4 is 22.4 Å². The van der Waals surface area contributed by atoms with Crippen LogP contribution in [0, 0.1) is 5.41 Å². The first kappa shape index (κ1) is 16.9. The summed E-state index contributed by atoms with van der Waals surface area (Å²) in [6, 6.07) is 0. The zero-order valence-electron chi connectivity index (χ0n) is 10.4. The maximum atomic E-state index is 11.6. The molecule has 102 valence electrons. The van der Waals surface area contributed by atoms with E-state index in [4.69, 9.17) is 0 Å². The van der Waals surface area contributed by atoms with Crippen LogP contribution in [-0.2, 0) is 10.0 Å². The second kappa shape index (κ2) is 7.36. The van der Waals surface area contributed by atoms with Gasteiger partial charge in [-0.2, -0.15) is 0 Å². The summed E-state index contributed by atoms with van der Waals surface area (Å²) < 4.78 is 25.9. The van der Waals surface area contributed by atoms with Crippen LogP contribution in [0.5, 0.6) is 0 Å². The summed E-state index contributed by atoms with van der Waals surface area (Å²) in [5.74, 6) is 0.144. The highest BCUT2D eigenvalue weighted by atomic mass is 35.5. The van der Waals surface area contributed by atoms with Crippen LogP contribution < -0.4 is 10.0 Å². The molecule has 1 heterocycles. The van der Waals surface area contributed by atoms with E-state index in [1.54, 1.807) is 6.08 Å². The van der Waals surface area contributed by atoms with E-state index in [1.807, 2.05) is 0 Å². The van der Waals surface area contributed by atoms with Crippen molar-refractivity contribution < 1.29 is 8.42 Å². The van der Waals surface area contributed by atoms with Gasteiger partial charge in [0, 0.05) is 6.54 Å². The Kier molecular flexibility index (Phi) is 7.32. The Hall–Kier alpha value is -0.100. The molecule has 4 nitrogen and oxygen atoms in total. The monoisotopic (exact) mass is 282 g/mol. The molecule has 0 spiro atoms. The number of nitrogens with one attached hydrogen (secondary N) is 2. The smallest absolute Gasteiger partial charge is 0.211 e. The fourth-order valence-electron chi connectivity index (χ4n) is 1.80. The van der Waals surface area contributed by atoms with Crippen LogP contribution in [0.4, 0.5) is 0 Å². The number of rotatable bonds is 6. The highest BCUT2D eigenvalue weighted by molar-refractivity contribution is 7.89. The molecule has 6 heteroatoms. The lowest BCUT2D eigenvalue weighted by molar-refractivity contribution is 0.232. The van der Waals surface area contributed by atoms with Crippen molar-refractivity contribution in [3.8, 4) is 0 Å². The fourth-order valence-corrected chi connectivity index (χ4v) is 2.99. The quantitative estimate of drug-likeness (QED) is 0.722. The molecule has 1 saturated heterocycles. The van der Waals surface area contributed by atoms with Crippen LogP contribution in [-0.4, -0.2) is 33.8 Å². The van der Waals surface area contributed by atoms with Crippen LogP contribution in [0.25, 0.3) is 0 Å². The summed E-state index contributed by atoms with van der Waals surface area (Å²) in [6.07, 6.45) is 4.19. The molecule has 0 atom stereocenters. The van der Waals surface area contributed by atoms with E-state index in [-0.39, 0.29) is 23.6 Å². The van der Waals surface area contributed by atoms with E-state index in [0.29, 0.717) is 13.0 Å². The predicted molar refractivity (Wildman–Crippen MR) is 74.1 cm³/mol. The third-order valence-corrected chi connectivity index (χ3v) is 4.48. The van der Waals surface area contributed by atoms with Gasteiger partial charge in [-0.1, -0.05) is 13.0 Å². The van der Waals surface area contributed by atoms with Gasteiger partial charge in [0.2, 0.25) is 10.0 Å². The van der Waals surface area contributed by atoms with E-state index in [2.05, 4.69) is 23.5 Å². The highest BCUT2D eigenvalue weighted by Crippen LogP contribution is 2.26. The van der Waals surface area contributed by atoms with Gasteiger partial charge < -0.3 is 5.32 Å². The van der Waals surface area contributed by atoms with E-state index in [1.165, 1.54) is 0 Å². The van der Waals surface area contributed by atoms with Gasteiger partial charge in [0.05, 0.1) is 5.75 Å². The van der Waals surface area contributed by atoms with Gasteiger partial charge in [-0.3, -0.25) is 0 Å². The Morgan fingerprint density at radius 3 is 2.53 bits per heavy atom. The summed E-state index contributed by atoms with van der Waals surface area (Å²) in [6.45, 7) is 8.17. The normalized spacial score (nSPS) is 19.4. The van der Waals surface area contributed by atoms with Gasteiger partial charge in [0.25, 0.3) is 0 Å². The van der Waals surface area contributed by atoms with Crippen molar-refractivity contribution in [2.24, 2.45) is 5.41 Å². The molecule has 0 radical (unpaired) electrons. The Morgan fingerprint density at radius 1 is 1.41 bits per heavy atom. The average molecular weight is 283 g/mol. The van der Waals surface area contributed by atoms with Crippen molar-refractivity contribution in [1.82, 2.24) is 10.0 Å². The number of hydrogen-bond acceptors (Lipinski definition) is 3. The molecule has 1 rings (SSSR count). The minimum atomic E-state index is -3.12. The van der Waals surface area contributed by atoms with E-state index in [9.17, 15) is 8.42 Å². The maximum Gasteiger partial charge on any atom is 0.211 e. The van der Waals surface area contributed by atoms with Gasteiger partial charge >= 0.3 is 0 Å². The van der Waals surface area contributed by atoms with Gasteiger partial charge in [0.15, 0.2) is 0 Å². The van der Waals surface area contributed by atoms with Gasteiger partial charge in [-0.15, -0.1) is 19.0 Å². The Morgan fingerprint density at radius 2 is 2.00 bits per heavy atom. The van der Waals surface area contributed by atoms with Gasteiger partial charge in [0.1, 0.15) is 0 Å². The number of sulfonamides is 1. The van der Waals surface area contributed by atoms with Gasteiger partial charge in [-0.05, 0) is 37.8 Å². The molecule has 0 aromatic rings. The predicted octanol–water partition coefficient (Wildman–Crippen LogP) is 1.29. The van der Waals surface area contributed by atoms with Crippen molar-refractivity contribution in [2.45, 2.75) is 26.2 Å². The number of allylic oxidation sites excluding steroid dienone is 1. The van der Waals surface area contributed by atoms with Crippen LogP contribution in [0.15, 0.2) is 12.7 Å². The fraction of sp³-hybridized carbons (Fsp3) is 0.818. The molecule has 17 heavy (non-hydrogen) atoms. The number of halogens is 1. The average Bonchev–Trinajstić information content (AvgIpc) is 2.25. The van der Waals surface area contributed by atoms with Crippen molar-refractivity contribution in [3.63, 3.8) is 0 Å². The molecule has 0 saturated carbocycles. The lowest BCUT2D eigenvalue weighted by Crippen LogP contribution is -2.43. The first-order chi connectivity index (χ1) is 7.47. The van der Waals surface area contributed by atoms with Crippen LogP contribution in [0.1, 0.15) is 26.2 Å². The zero-order chi connectivity index (χ0) is 12.1. The molecule has 0 aromatic carbocycles. The largest absolute Gasteiger partial charge is 0.317 e. The first-order valence-corrected chi connectivity index (χ1v) is 7.42. The number of piperidine rings is 1. The Labute approximate surface area is 111 Å². The van der Waals surface area contributed by atoms with Gasteiger partial charge in [-0.25, -0.2) is 13.1 Å². The molecule has 0 aromatic heterocycles. The van der Waals surface area contributed by atoms with Crippen LogP contribution in [0.3, 0.4) is 0 Å². The molecule has 0 unspecified atom stereocenters. The summed E-state index contributed by atoms with van der Waals surface area (Å²) in [4.78, 5) is 0. The maximum absolute atomic E-state index is 11.6. The molecule has 0 aliphatic carbocycles. The van der Waals surface area contributed by atoms with Crippen LogP contribution in [0.2, 0.25) is 0 Å². The molecule has 2 N–H and O–H groups in total. The Balaban J connectivity index is 0.00000256. The third-order valence-electron chi connectivity index (χ3n) is 3.12. The highest BCUT2D eigenvalue weighted by Gasteiger charge is 2.27. The first-order valence-electron chi connectivity index (χ1n) is 5.76. The van der Waals surface area contributed by atoms with E-state index < -0.39 is 10.0 Å². The van der Waals surface area contributed by atoms with Crippen molar-refractivity contribution in [3.05, 3.63) is 12.7 Å². The molecule has 1 aliphatic rings. The molecule has 0 amide bonds. The minimum Gasteiger partial charge on any atom is -0.317 e. The summed E-state index contributed by atoms with van der Waals surface area (Å²) >= 11 is 0. The SMILES string of the molecule is C=CCCS(=O)(=O)NCC1(C)CCNCC1.Cl. The standard InChI is InChI=1S/C11H22N2O2S.ClH/c1-3-4-9-16(14,15)13-10-11(2)5-7-12-8-6-11;/h3,12-13H,1,4-10H2,2H3;1H. The number of hydrogen-bond donors (Lipinski definition) is 2. The lowest BCUT2D eigenvalue weighted by Gasteiger charge is -2.34. The van der Waals surface area contributed by atoms with Crippen molar-refractivity contribution in [2.75, 3.05) is 25.4 Å². The molecular weight excluding hydrogens is 260 g/mol. The van der Waals surface area contributed by atoms with E-state index >= 15 is 0 Å². The molecular formula is C11H23ClN2O2S. The molecule has 0 bridgehead atoms. The summed E-state index contributed by atoms with van der Waals surface area (Å²) in [7, 11) is -3.12. The second-order valence-corrected chi connectivity index (χ2v) is 6.70. The summed E-state index contributed by atoms with van der Waals surface area (Å²) in [5.41, 5.74) is 0.104. The van der Waals surface area contributed by atoms with Crippen LogP contribution >= 0.6 is 12.4 Å². The lowest BCUT2D eigenvalue weighted by atomic mass is 9.81. The minimum absolute atomic E-state index is 0. The molecule has 1 fully saturated rings. The summed E-state index contributed by atoms with van der Waals surface area (Å²) in [5, 5.41) is 3.28. The third kappa shape index (κ3) is 6.41. The zero-order valence-corrected chi connectivity index (χ0v) is 12.0. The van der Waals surface area contributed by atoms with E-state index in [0.717, 1.165) is 25.9 Å². The van der Waals surface area contributed by atoms with Crippen molar-refractivity contribution in [1.29, 1.82) is 0 Å². The molecule has 1 aliphatic heterocycles. The second-order valence-electron chi connectivity index (χ2n) is 4.78.